The van der Waals surface area contributed by atoms with Gasteiger partial charge < -0.3 is 15.2 Å². The van der Waals surface area contributed by atoms with Gasteiger partial charge in [-0.15, -0.1) is 0 Å². The van der Waals surface area contributed by atoms with Gasteiger partial charge in [-0.1, -0.05) is 35.4 Å². The third-order valence-corrected chi connectivity index (χ3v) is 4.60. The molecule has 1 aliphatic rings. The van der Waals surface area contributed by atoms with E-state index in [1.807, 2.05) is 0 Å². The van der Waals surface area contributed by atoms with Crippen LogP contribution in [-0.2, 0) is 26.6 Å². The number of aliphatic imine (C=N–C) groups is 1. The number of benzene rings is 2. The number of ether oxygens (including phenoxy) is 2. The highest BCUT2D eigenvalue weighted by molar-refractivity contribution is 6.08. The van der Waals surface area contributed by atoms with Gasteiger partial charge in [-0.05, 0) is 46.8 Å². The van der Waals surface area contributed by atoms with Gasteiger partial charge in [-0.3, -0.25) is 9.73 Å². The zero-order valence-corrected chi connectivity index (χ0v) is 16.5. The molecule has 1 atom stereocenters. The molecule has 0 bridgehead atoms. The van der Waals surface area contributed by atoms with Gasteiger partial charge in [0.15, 0.2) is 5.54 Å². The van der Waals surface area contributed by atoms with Crippen LogP contribution in [0, 0.1) is 6.92 Å². The van der Waals surface area contributed by atoms with E-state index in [1.54, 1.807) is 31.2 Å². The fourth-order valence-electron chi connectivity index (χ4n) is 3.35. The Bertz CT molecular complexity index is 1070. The number of methoxy groups -OCH3 is 1. The van der Waals surface area contributed by atoms with Gasteiger partial charge in [-0.25, -0.2) is 4.99 Å². The van der Waals surface area contributed by atoms with E-state index in [2.05, 4.69) is 19.9 Å². The topological polar surface area (TPSA) is 135 Å². The number of guanidine groups is 1. The first-order valence-electron chi connectivity index (χ1n) is 8.89. The predicted octanol–water partition coefficient (Wildman–Crippen LogP) is 3.30. The lowest BCUT2D eigenvalue weighted by molar-refractivity contribution is -0.165. The molecule has 2 aromatic carbocycles. The first-order chi connectivity index (χ1) is 14.8. The van der Waals surface area contributed by atoms with Crippen LogP contribution in [0.2, 0.25) is 0 Å². The maximum absolute atomic E-state index is 13.4. The maximum atomic E-state index is 13.4. The Morgan fingerprint density at radius 2 is 2.03 bits per heavy atom. The second kappa shape index (κ2) is 8.86. The molecule has 12 heteroatoms. The molecular weight excluding hydrogens is 414 g/mol. The summed E-state index contributed by atoms with van der Waals surface area (Å²) in [5.41, 5.74) is 14.5. The molecule has 2 N–H and O–H groups in total. The molecule has 0 radical (unpaired) electrons. The number of amides is 1. The van der Waals surface area contributed by atoms with Crippen LogP contribution in [0.3, 0.4) is 0 Å². The van der Waals surface area contributed by atoms with Crippen molar-refractivity contribution in [1.29, 1.82) is 0 Å². The van der Waals surface area contributed by atoms with Gasteiger partial charge in [0.25, 0.3) is 0 Å². The van der Waals surface area contributed by atoms with Gasteiger partial charge in [-0.2, -0.15) is 8.78 Å². The lowest BCUT2D eigenvalue weighted by Gasteiger charge is -2.27. The first-order valence-corrected chi connectivity index (χ1v) is 8.89. The van der Waals surface area contributed by atoms with E-state index in [4.69, 9.17) is 20.9 Å². The molecule has 1 amide bonds. The van der Waals surface area contributed by atoms with Crippen molar-refractivity contribution >= 4 is 11.9 Å². The number of carbonyl (C=O) groups is 1. The summed E-state index contributed by atoms with van der Waals surface area (Å²) in [4.78, 5) is 25.0. The summed E-state index contributed by atoms with van der Waals surface area (Å²) in [6.07, 6.45) is 0. The van der Waals surface area contributed by atoms with Gasteiger partial charge in [0, 0.05) is 12.0 Å². The summed E-state index contributed by atoms with van der Waals surface area (Å²) in [7, 11) is 1.53. The molecule has 3 rings (SSSR count). The normalized spacial score (nSPS) is 18.0. The Hall–Kier alpha value is -3.89. The van der Waals surface area contributed by atoms with Crippen molar-refractivity contribution in [3.8, 4) is 5.75 Å². The van der Waals surface area contributed by atoms with Gasteiger partial charge in [0.05, 0.1) is 6.61 Å². The minimum absolute atomic E-state index is 0.0494. The molecule has 31 heavy (non-hydrogen) atoms. The predicted molar refractivity (Wildman–Crippen MR) is 104 cm³/mol. The average Bonchev–Trinajstić information content (AvgIpc) is 2.99. The smallest absolute Gasteiger partial charge is 0.387 e. The average molecular weight is 432 g/mol. The zero-order chi connectivity index (χ0) is 22.6. The van der Waals surface area contributed by atoms with Crippen LogP contribution < -0.4 is 10.5 Å². The number of nitrogens with zero attached hydrogens (tertiary/aromatic N) is 5. The summed E-state index contributed by atoms with van der Waals surface area (Å²) in [6.45, 7) is -1.17. The lowest BCUT2D eigenvalue weighted by atomic mass is 9.81. The van der Waals surface area contributed by atoms with E-state index in [-0.39, 0.29) is 18.3 Å². The van der Waals surface area contributed by atoms with Gasteiger partial charge in [0.2, 0.25) is 5.96 Å². The first kappa shape index (κ1) is 21.8. The van der Waals surface area contributed by atoms with Crippen molar-refractivity contribution in [2.45, 2.75) is 25.7 Å². The standard InChI is InChI=1S/C19H18F2N6O4/c1-11-8-14(6-7-15(11)30-17(20)21)19(13-5-3-4-12(9-13)10-29-2)16(28)27(18(22)24-19)31-26-25-23/h3-9,17H,10H2,1-2H3,(H2,22,24). The van der Waals surface area contributed by atoms with Crippen LogP contribution in [-0.4, -0.2) is 30.7 Å². The molecule has 162 valence electrons. The fourth-order valence-corrected chi connectivity index (χ4v) is 3.35. The Balaban J connectivity index is 2.19. The number of halogens is 2. The molecule has 0 aromatic heterocycles. The molecule has 1 aliphatic heterocycles. The van der Waals surface area contributed by atoms with Crippen molar-refractivity contribution < 1.29 is 28.0 Å². The molecular formula is C19H18F2N6O4. The number of hydrogen-bond donors (Lipinski definition) is 1. The molecule has 2 aromatic rings. The molecule has 0 spiro atoms. The Kier molecular flexibility index (Phi) is 6.23. The fraction of sp³-hybridized carbons (Fsp3) is 0.263. The van der Waals surface area contributed by atoms with Crippen LogP contribution in [0.4, 0.5) is 8.78 Å². The van der Waals surface area contributed by atoms with E-state index < -0.39 is 18.1 Å². The highest BCUT2D eigenvalue weighted by Crippen LogP contribution is 2.41. The molecule has 1 heterocycles. The van der Waals surface area contributed by atoms with Crippen LogP contribution in [0.5, 0.6) is 5.75 Å². The second-order valence-electron chi connectivity index (χ2n) is 6.52. The molecule has 0 fully saturated rings. The van der Waals surface area contributed by atoms with E-state index in [0.29, 0.717) is 21.8 Å². The highest BCUT2D eigenvalue weighted by atomic mass is 19.3. The molecule has 0 aliphatic carbocycles. The van der Waals surface area contributed by atoms with Gasteiger partial charge >= 0.3 is 12.5 Å². The Morgan fingerprint density at radius 3 is 2.68 bits per heavy atom. The minimum atomic E-state index is -3.00. The summed E-state index contributed by atoms with van der Waals surface area (Å²) in [5.74, 6) is -1.15. The van der Waals surface area contributed by atoms with E-state index in [9.17, 15) is 13.6 Å². The number of azide groups is 1. The van der Waals surface area contributed by atoms with Gasteiger partial charge in [0.1, 0.15) is 11.0 Å². The number of carbonyl (C=O) groups excluding carboxylic acids is 1. The number of hydroxylamine groups is 2. The lowest BCUT2D eigenvalue weighted by Crippen LogP contribution is -2.42. The van der Waals surface area contributed by atoms with Crippen molar-refractivity contribution in [3.05, 3.63) is 75.2 Å². The highest BCUT2D eigenvalue weighted by Gasteiger charge is 2.52. The molecule has 0 saturated heterocycles. The number of nitrogens with two attached hydrogens (primary N) is 1. The van der Waals surface area contributed by atoms with Crippen LogP contribution in [0.15, 0.2) is 52.7 Å². The zero-order valence-electron chi connectivity index (χ0n) is 16.5. The Morgan fingerprint density at radius 1 is 1.29 bits per heavy atom. The second-order valence-corrected chi connectivity index (χ2v) is 6.52. The summed E-state index contributed by atoms with van der Waals surface area (Å²) >= 11 is 0. The number of hydrogen-bond acceptors (Lipinski definition) is 7. The third kappa shape index (κ3) is 4.06. The van der Waals surface area contributed by atoms with E-state index in [1.165, 1.54) is 25.3 Å². The summed E-state index contributed by atoms with van der Waals surface area (Å²) < 4.78 is 34.9. The van der Waals surface area contributed by atoms with Crippen LogP contribution in [0.1, 0.15) is 22.3 Å². The minimum Gasteiger partial charge on any atom is -0.435 e. The van der Waals surface area contributed by atoms with Crippen LogP contribution >= 0.6 is 0 Å². The number of alkyl halides is 2. The van der Waals surface area contributed by atoms with Crippen molar-refractivity contribution in [3.63, 3.8) is 0 Å². The third-order valence-electron chi connectivity index (χ3n) is 4.60. The molecule has 0 saturated carbocycles. The monoisotopic (exact) mass is 432 g/mol. The number of aryl methyl sites for hydroxylation is 1. The summed E-state index contributed by atoms with van der Waals surface area (Å²) in [5, 5.41) is 3.49. The molecule has 1 unspecified atom stereocenters. The van der Waals surface area contributed by atoms with Crippen molar-refractivity contribution in [2.24, 2.45) is 16.0 Å². The van der Waals surface area contributed by atoms with E-state index in [0.717, 1.165) is 5.56 Å². The maximum Gasteiger partial charge on any atom is 0.387 e. The van der Waals surface area contributed by atoms with Crippen LogP contribution in [0.25, 0.3) is 10.4 Å². The summed E-state index contributed by atoms with van der Waals surface area (Å²) in [6, 6.07) is 11.1. The number of rotatable bonds is 8. The Labute approximate surface area is 175 Å². The largest absolute Gasteiger partial charge is 0.435 e. The SMILES string of the molecule is COCc1cccc(C2(c3ccc(OC(F)F)c(C)c3)N=C(N)N(ON=[N+]=[N-])C2=O)c1. The molecule has 10 nitrogen and oxygen atoms in total. The van der Waals surface area contributed by atoms with Crippen molar-refractivity contribution in [2.75, 3.05) is 7.11 Å². The van der Waals surface area contributed by atoms with E-state index >= 15 is 0 Å². The quantitative estimate of drug-likeness (QED) is 0.295. The van der Waals surface area contributed by atoms with Crippen molar-refractivity contribution in [1.82, 2.24) is 5.06 Å².